The second kappa shape index (κ2) is 5.49. The van der Waals surface area contributed by atoms with Gasteiger partial charge >= 0.3 is 0 Å². The number of primary amides is 1. The zero-order chi connectivity index (χ0) is 13.1. The van der Waals surface area contributed by atoms with Gasteiger partial charge in [0.1, 0.15) is 6.04 Å². The zero-order valence-electron chi connectivity index (χ0n) is 10.7. The topological polar surface area (TPSA) is 89.4 Å². The molecule has 0 aromatic carbocycles. The molecule has 0 aromatic rings. The summed E-state index contributed by atoms with van der Waals surface area (Å²) in [6.07, 6.45) is 3.59. The molecular formula is C12H23N3O2. The first-order valence-corrected chi connectivity index (χ1v) is 6.19. The van der Waals surface area contributed by atoms with Crippen LogP contribution in [0.3, 0.4) is 0 Å². The molecule has 5 heteroatoms. The molecule has 0 spiro atoms. The summed E-state index contributed by atoms with van der Waals surface area (Å²) in [6, 6.07) is -0.419. The molecule has 1 atom stereocenters. The monoisotopic (exact) mass is 241 g/mol. The van der Waals surface area contributed by atoms with Gasteiger partial charge in [-0.1, -0.05) is 0 Å². The Labute approximate surface area is 103 Å². The van der Waals surface area contributed by atoms with Crippen molar-refractivity contribution in [2.45, 2.75) is 57.5 Å². The Kier molecular flexibility index (Phi) is 4.51. The molecule has 5 nitrogen and oxygen atoms in total. The van der Waals surface area contributed by atoms with Crippen LogP contribution in [0.15, 0.2) is 0 Å². The Morgan fingerprint density at radius 1 is 1.35 bits per heavy atom. The number of amides is 2. The molecule has 0 saturated carbocycles. The van der Waals surface area contributed by atoms with E-state index in [-0.39, 0.29) is 11.4 Å². The smallest absolute Gasteiger partial charge is 0.240 e. The van der Waals surface area contributed by atoms with Crippen LogP contribution in [-0.4, -0.2) is 34.8 Å². The first-order chi connectivity index (χ1) is 7.81. The van der Waals surface area contributed by atoms with Crippen LogP contribution in [0.2, 0.25) is 0 Å². The molecule has 1 rings (SSSR count). The van der Waals surface area contributed by atoms with Crippen molar-refractivity contribution in [1.29, 1.82) is 0 Å². The van der Waals surface area contributed by atoms with Crippen molar-refractivity contribution in [2.75, 3.05) is 6.54 Å². The van der Waals surface area contributed by atoms with Crippen molar-refractivity contribution in [3.63, 3.8) is 0 Å². The molecule has 98 valence electrons. The fourth-order valence-corrected chi connectivity index (χ4v) is 2.10. The molecule has 4 N–H and O–H groups in total. The molecule has 0 aromatic heterocycles. The maximum atomic E-state index is 12.0. The number of hydrogen-bond acceptors (Lipinski definition) is 3. The fourth-order valence-electron chi connectivity index (χ4n) is 2.10. The van der Waals surface area contributed by atoms with Gasteiger partial charge in [0.05, 0.1) is 0 Å². The molecule has 0 aliphatic carbocycles. The summed E-state index contributed by atoms with van der Waals surface area (Å²) in [4.78, 5) is 24.9. The highest BCUT2D eigenvalue weighted by molar-refractivity contribution is 5.86. The predicted octanol–water partition coefficient (Wildman–Crippen LogP) is 0.370. The second-order valence-corrected chi connectivity index (χ2v) is 5.49. The highest BCUT2D eigenvalue weighted by Crippen LogP contribution is 2.19. The van der Waals surface area contributed by atoms with Crippen LogP contribution >= 0.6 is 0 Å². The van der Waals surface area contributed by atoms with Gasteiger partial charge in [-0.25, -0.2) is 0 Å². The SMILES string of the molecule is CC(C)(N)CCC(=O)N1CCCCC1C(N)=O. The number of likely N-dealkylation sites (tertiary alicyclic amines) is 1. The molecule has 0 radical (unpaired) electrons. The fraction of sp³-hybridized carbons (Fsp3) is 0.833. The lowest BCUT2D eigenvalue weighted by Gasteiger charge is -2.34. The maximum Gasteiger partial charge on any atom is 0.240 e. The Hall–Kier alpha value is -1.10. The molecule has 1 saturated heterocycles. The predicted molar refractivity (Wildman–Crippen MR) is 66.0 cm³/mol. The number of hydrogen-bond donors (Lipinski definition) is 2. The van der Waals surface area contributed by atoms with Gasteiger partial charge in [0.25, 0.3) is 0 Å². The zero-order valence-corrected chi connectivity index (χ0v) is 10.7. The van der Waals surface area contributed by atoms with E-state index in [0.717, 1.165) is 12.8 Å². The minimum atomic E-state index is -0.419. The number of carbonyl (C=O) groups is 2. The standard InChI is InChI=1S/C12H23N3O2/c1-12(2,14)7-6-10(16)15-8-4-3-5-9(15)11(13)17/h9H,3-8,14H2,1-2H3,(H2,13,17). The van der Waals surface area contributed by atoms with E-state index in [1.165, 1.54) is 0 Å². The van der Waals surface area contributed by atoms with Crippen LogP contribution in [-0.2, 0) is 9.59 Å². The summed E-state index contributed by atoms with van der Waals surface area (Å²) in [6.45, 7) is 4.42. The van der Waals surface area contributed by atoms with E-state index in [1.54, 1.807) is 4.90 Å². The number of carbonyl (C=O) groups excluding carboxylic acids is 2. The summed E-state index contributed by atoms with van der Waals surface area (Å²) in [5.74, 6) is -0.405. The Morgan fingerprint density at radius 3 is 2.53 bits per heavy atom. The third kappa shape index (κ3) is 4.34. The Morgan fingerprint density at radius 2 is 2.00 bits per heavy atom. The van der Waals surface area contributed by atoms with Crippen molar-refractivity contribution in [2.24, 2.45) is 11.5 Å². The third-order valence-electron chi connectivity index (χ3n) is 3.13. The van der Waals surface area contributed by atoms with Crippen molar-refractivity contribution in [3.05, 3.63) is 0 Å². The van der Waals surface area contributed by atoms with Gasteiger partial charge in [-0.15, -0.1) is 0 Å². The van der Waals surface area contributed by atoms with E-state index in [9.17, 15) is 9.59 Å². The molecule has 1 aliphatic rings. The van der Waals surface area contributed by atoms with E-state index < -0.39 is 11.9 Å². The lowest BCUT2D eigenvalue weighted by atomic mass is 9.97. The number of piperidine rings is 1. The first-order valence-electron chi connectivity index (χ1n) is 6.19. The normalized spacial score (nSPS) is 21.4. The van der Waals surface area contributed by atoms with E-state index in [1.807, 2.05) is 13.8 Å². The summed E-state index contributed by atoms with van der Waals surface area (Å²) in [7, 11) is 0. The molecule has 1 fully saturated rings. The van der Waals surface area contributed by atoms with E-state index in [0.29, 0.717) is 25.8 Å². The number of rotatable bonds is 4. The van der Waals surface area contributed by atoms with Crippen molar-refractivity contribution in [1.82, 2.24) is 4.90 Å². The van der Waals surface area contributed by atoms with Gasteiger partial charge in [0.15, 0.2) is 0 Å². The Bertz CT molecular complexity index is 297. The van der Waals surface area contributed by atoms with E-state index in [4.69, 9.17) is 11.5 Å². The van der Waals surface area contributed by atoms with Crippen LogP contribution in [0, 0.1) is 0 Å². The van der Waals surface area contributed by atoms with E-state index >= 15 is 0 Å². The molecule has 1 aliphatic heterocycles. The average molecular weight is 241 g/mol. The highest BCUT2D eigenvalue weighted by atomic mass is 16.2. The van der Waals surface area contributed by atoms with Gasteiger partial charge in [-0.3, -0.25) is 9.59 Å². The number of nitrogens with zero attached hydrogens (tertiary/aromatic N) is 1. The molecule has 0 bridgehead atoms. The minimum absolute atomic E-state index is 0.00738. The van der Waals surface area contributed by atoms with Crippen LogP contribution < -0.4 is 11.5 Å². The van der Waals surface area contributed by atoms with E-state index in [2.05, 4.69) is 0 Å². The molecular weight excluding hydrogens is 218 g/mol. The molecule has 17 heavy (non-hydrogen) atoms. The van der Waals surface area contributed by atoms with Crippen molar-refractivity contribution >= 4 is 11.8 Å². The average Bonchev–Trinajstić information content (AvgIpc) is 2.25. The quantitative estimate of drug-likeness (QED) is 0.745. The van der Waals surface area contributed by atoms with Gasteiger partial charge in [0, 0.05) is 18.5 Å². The van der Waals surface area contributed by atoms with Crippen molar-refractivity contribution < 1.29 is 9.59 Å². The summed E-state index contributed by atoms with van der Waals surface area (Å²) < 4.78 is 0. The van der Waals surface area contributed by atoms with Crippen LogP contribution in [0.25, 0.3) is 0 Å². The third-order valence-corrected chi connectivity index (χ3v) is 3.13. The lowest BCUT2D eigenvalue weighted by molar-refractivity contribution is -0.141. The summed E-state index contributed by atoms with van der Waals surface area (Å²) >= 11 is 0. The van der Waals surface area contributed by atoms with Crippen LogP contribution in [0.1, 0.15) is 46.0 Å². The molecule has 2 amide bonds. The van der Waals surface area contributed by atoms with Gasteiger partial charge in [-0.2, -0.15) is 0 Å². The van der Waals surface area contributed by atoms with Crippen LogP contribution in [0.5, 0.6) is 0 Å². The highest BCUT2D eigenvalue weighted by Gasteiger charge is 2.30. The second-order valence-electron chi connectivity index (χ2n) is 5.49. The largest absolute Gasteiger partial charge is 0.368 e. The Balaban J connectivity index is 2.56. The van der Waals surface area contributed by atoms with Crippen molar-refractivity contribution in [3.8, 4) is 0 Å². The summed E-state index contributed by atoms with van der Waals surface area (Å²) in [5.41, 5.74) is 10.8. The van der Waals surface area contributed by atoms with Gasteiger partial charge in [-0.05, 0) is 39.5 Å². The number of nitrogens with two attached hydrogens (primary N) is 2. The van der Waals surface area contributed by atoms with Gasteiger partial charge < -0.3 is 16.4 Å². The summed E-state index contributed by atoms with van der Waals surface area (Å²) in [5, 5.41) is 0. The first kappa shape index (κ1) is 14.0. The molecule has 1 heterocycles. The van der Waals surface area contributed by atoms with Gasteiger partial charge in [0.2, 0.25) is 11.8 Å². The maximum absolute atomic E-state index is 12.0. The lowest BCUT2D eigenvalue weighted by Crippen LogP contribution is -2.50. The minimum Gasteiger partial charge on any atom is -0.368 e. The van der Waals surface area contributed by atoms with Crippen LogP contribution in [0.4, 0.5) is 0 Å². The molecule has 1 unspecified atom stereocenters.